The average Bonchev–Trinajstić information content (AvgIpc) is 2.55. The van der Waals surface area contributed by atoms with E-state index in [1.807, 2.05) is 0 Å². The van der Waals surface area contributed by atoms with E-state index in [-0.39, 0.29) is 10.6 Å². The molecule has 0 bridgehead atoms. The lowest BCUT2D eigenvalue weighted by Crippen LogP contribution is -2.50. The molecule has 120 valence electrons. The van der Waals surface area contributed by atoms with Gasteiger partial charge in [-0.05, 0) is 18.2 Å². The number of non-ortho nitro benzene ring substituents is 1. The van der Waals surface area contributed by atoms with Crippen molar-refractivity contribution in [1.82, 2.24) is 10.3 Å². The summed E-state index contributed by atoms with van der Waals surface area (Å²) in [5.74, 6) is 0. The van der Waals surface area contributed by atoms with Gasteiger partial charge >= 0.3 is 0 Å². The summed E-state index contributed by atoms with van der Waals surface area (Å²) in [7, 11) is -4.14. The maximum absolute atomic E-state index is 12.3. The topological polar surface area (TPSA) is 122 Å². The van der Waals surface area contributed by atoms with Gasteiger partial charge in [0.1, 0.15) is 0 Å². The van der Waals surface area contributed by atoms with Crippen molar-refractivity contribution in [3.63, 3.8) is 0 Å². The molecule has 0 saturated carbocycles. The van der Waals surface area contributed by atoms with Crippen LogP contribution in [0.1, 0.15) is 0 Å². The molecule has 0 spiro atoms. The summed E-state index contributed by atoms with van der Waals surface area (Å²) in [5.41, 5.74) is 2.19. The zero-order valence-electron chi connectivity index (χ0n) is 11.6. The Morgan fingerprint density at radius 3 is 2.39 bits per heavy atom. The van der Waals surface area contributed by atoms with Gasteiger partial charge in [0.25, 0.3) is 15.7 Å². The van der Waals surface area contributed by atoms with Crippen LogP contribution in [0, 0.1) is 10.1 Å². The van der Waals surface area contributed by atoms with Gasteiger partial charge in [-0.15, -0.1) is 4.83 Å². The van der Waals surface area contributed by atoms with Crippen molar-refractivity contribution in [3.8, 4) is 0 Å². The minimum atomic E-state index is -4.14. The van der Waals surface area contributed by atoms with Crippen molar-refractivity contribution < 1.29 is 18.1 Å². The zero-order valence-corrected chi connectivity index (χ0v) is 12.4. The normalized spacial score (nSPS) is 10.8. The fraction of sp³-hybridized carbons (Fsp3) is 0. The third kappa shape index (κ3) is 4.02. The van der Waals surface area contributed by atoms with Crippen LogP contribution in [0.2, 0.25) is 0 Å². The quantitative estimate of drug-likeness (QED) is 0.441. The maximum atomic E-state index is 12.3. The summed E-state index contributed by atoms with van der Waals surface area (Å²) in [4.78, 5) is 22.6. The number of amides is 1. The number of carbonyl (C=O) groups is 1. The molecule has 9 nitrogen and oxygen atoms in total. The largest absolute Gasteiger partial charge is 0.277 e. The van der Waals surface area contributed by atoms with Gasteiger partial charge < -0.3 is 0 Å². The van der Waals surface area contributed by atoms with Gasteiger partial charge in [-0.25, -0.2) is 13.5 Å². The Morgan fingerprint density at radius 2 is 1.78 bits per heavy atom. The molecule has 0 aliphatic heterocycles. The highest BCUT2D eigenvalue weighted by Crippen LogP contribution is 2.18. The van der Waals surface area contributed by atoms with Crippen molar-refractivity contribution in [1.29, 1.82) is 0 Å². The minimum absolute atomic E-state index is 0.295. The second-order valence-corrected chi connectivity index (χ2v) is 5.93. The van der Waals surface area contributed by atoms with Crippen LogP contribution >= 0.6 is 0 Å². The molecular weight excluding hydrogens is 324 g/mol. The van der Waals surface area contributed by atoms with Crippen molar-refractivity contribution in [3.05, 3.63) is 64.7 Å². The fourth-order valence-electron chi connectivity index (χ4n) is 1.72. The van der Waals surface area contributed by atoms with E-state index in [9.17, 15) is 23.3 Å². The summed E-state index contributed by atoms with van der Waals surface area (Å²) in [6.45, 7) is 0. The summed E-state index contributed by atoms with van der Waals surface area (Å²) in [5, 5.41) is 11.6. The molecule has 23 heavy (non-hydrogen) atoms. The van der Waals surface area contributed by atoms with Crippen LogP contribution in [0.15, 0.2) is 59.5 Å². The summed E-state index contributed by atoms with van der Waals surface area (Å²) < 4.78 is 24.7. The highest BCUT2D eigenvalue weighted by atomic mass is 32.2. The first-order valence-corrected chi connectivity index (χ1v) is 7.74. The first-order valence-electron chi connectivity index (χ1n) is 6.26. The van der Waals surface area contributed by atoms with Crippen LogP contribution in [-0.4, -0.2) is 19.8 Å². The van der Waals surface area contributed by atoms with E-state index in [0.717, 1.165) is 11.2 Å². The van der Waals surface area contributed by atoms with Crippen LogP contribution in [0.3, 0.4) is 0 Å². The zero-order chi connectivity index (χ0) is 16.9. The lowest BCUT2D eigenvalue weighted by Gasteiger charge is -2.23. The predicted molar refractivity (Wildman–Crippen MR) is 81.5 cm³/mol. The van der Waals surface area contributed by atoms with Crippen LogP contribution in [0.25, 0.3) is 0 Å². The van der Waals surface area contributed by atoms with E-state index in [1.165, 1.54) is 18.2 Å². The molecule has 0 aromatic heterocycles. The van der Waals surface area contributed by atoms with Crippen LogP contribution in [0.4, 0.5) is 11.4 Å². The van der Waals surface area contributed by atoms with E-state index < -0.39 is 14.9 Å². The Kier molecular flexibility index (Phi) is 4.88. The molecule has 0 unspecified atom stereocenters. The number of carbonyl (C=O) groups excluding carboxylic acids is 1. The number of nitrogens with zero attached hydrogens (tertiary/aromatic N) is 2. The number of nitro groups is 1. The molecule has 2 aromatic carbocycles. The SMILES string of the molecule is O=CNN(NS(=O)(=O)c1cccc([N+](=O)[O-])c1)c1ccccc1. The number of hydrazine groups is 2. The standard InChI is InChI=1S/C13H12N4O5S/c18-10-14-16(11-5-2-1-3-6-11)15-23(21,22)13-8-4-7-12(9-13)17(19)20/h1-10,15H,(H,14,18). The monoisotopic (exact) mass is 336 g/mol. The van der Waals surface area contributed by atoms with Gasteiger partial charge in [-0.1, -0.05) is 24.3 Å². The molecule has 0 heterocycles. The number of rotatable bonds is 7. The summed E-state index contributed by atoms with van der Waals surface area (Å²) in [6, 6.07) is 12.7. The third-order valence-corrected chi connectivity index (χ3v) is 4.04. The Balaban J connectivity index is 2.33. The van der Waals surface area contributed by atoms with Crippen LogP contribution in [-0.2, 0) is 14.8 Å². The first-order chi connectivity index (χ1) is 10.9. The number of hydrogen-bond donors (Lipinski definition) is 2. The van der Waals surface area contributed by atoms with Crippen molar-refractivity contribution in [2.45, 2.75) is 4.90 Å². The highest BCUT2D eigenvalue weighted by molar-refractivity contribution is 7.89. The van der Waals surface area contributed by atoms with Gasteiger partial charge in [-0.3, -0.25) is 20.3 Å². The van der Waals surface area contributed by atoms with Gasteiger partial charge in [0.05, 0.1) is 15.5 Å². The van der Waals surface area contributed by atoms with E-state index in [2.05, 4.69) is 10.3 Å². The van der Waals surface area contributed by atoms with E-state index in [0.29, 0.717) is 12.1 Å². The second kappa shape index (κ2) is 6.85. The van der Waals surface area contributed by atoms with Gasteiger partial charge in [0.2, 0.25) is 6.41 Å². The molecule has 10 heteroatoms. The number of hydrogen-bond acceptors (Lipinski definition) is 6. The lowest BCUT2D eigenvalue weighted by molar-refractivity contribution is -0.385. The Bertz CT molecular complexity index is 810. The predicted octanol–water partition coefficient (Wildman–Crippen LogP) is 0.956. The fourth-order valence-corrected chi connectivity index (χ4v) is 2.76. The number of sulfonamides is 1. The second-order valence-electron chi connectivity index (χ2n) is 4.27. The molecule has 0 radical (unpaired) electrons. The molecule has 0 aliphatic carbocycles. The van der Waals surface area contributed by atoms with Gasteiger partial charge in [-0.2, -0.15) is 0 Å². The van der Waals surface area contributed by atoms with Crippen molar-refractivity contribution in [2.75, 3.05) is 5.12 Å². The number of benzene rings is 2. The Labute approximate surface area is 131 Å². The minimum Gasteiger partial charge on any atom is -0.277 e. The number of anilines is 1. The molecule has 0 saturated heterocycles. The molecule has 0 fully saturated rings. The Morgan fingerprint density at radius 1 is 1.09 bits per heavy atom. The van der Waals surface area contributed by atoms with Gasteiger partial charge in [0, 0.05) is 12.1 Å². The smallest absolute Gasteiger partial charge is 0.270 e. The molecule has 2 N–H and O–H groups in total. The number of para-hydroxylation sites is 1. The molecule has 0 atom stereocenters. The highest BCUT2D eigenvalue weighted by Gasteiger charge is 2.21. The van der Waals surface area contributed by atoms with E-state index in [4.69, 9.17) is 0 Å². The third-order valence-electron chi connectivity index (χ3n) is 2.75. The molecular formula is C13H12N4O5S. The summed E-state index contributed by atoms with van der Waals surface area (Å²) >= 11 is 0. The summed E-state index contributed by atoms with van der Waals surface area (Å²) in [6.07, 6.45) is 0.295. The number of nitrogens with one attached hydrogen (secondary N) is 2. The number of nitro benzene ring substituents is 1. The van der Waals surface area contributed by atoms with Crippen molar-refractivity contribution >= 4 is 27.8 Å². The van der Waals surface area contributed by atoms with Crippen molar-refractivity contribution in [2.24, 2.45) is 0 Å². The van der Waals surface area contributed by atoms with E-state index >= 15 is 0 Å². The molecule has 2 rings (SSSR count). The van der Waals surface area contributed by atoms with Crippen LogP contribution in [0.5, 0.6) is 0 Å². The Hall–Kier alpha value is -2.98. The molecule has 1 amide bonds. The molecule has 2 aromatic rings. The average molecular weight is 336 g/mol. The van der Waals surface area contributed by atoms with Crippen LogP contribution < -0.4 is 15.4 Å². The van der Waals surface area contributed by atoms with E-state index in [1.54, 1.807) is 30.3 Å². The van der Waals surface area contributed by atoms with Gasteiger partial charge in [0.15, 0.2) is 0 Å². The maximum Gasteiger partial charge on any atom is 0.270 e. The molecule has 0 aliphatic rings. The first kappa shape index (κ1) is 16.4. The lowest BCUT2D eigenvalue weighted by atomic mass is 10.3.